The molecule has 90 valence electrons. The van der Waals surface area contributed by atoms with Crippen LogP contribution in [0.4, 0.5) is 13.2 Å². The number of hydroxylamine groups is 1. The first-order valence-corrected chi connectivity index (χ1v) is 5.41. The number of benzene rings is 1. The van der Waals surface area contributed by atoms with E-state index < -0.39 is 12.8 Å². The van der Waals surface area contributed by atoms with Gasteiger partial charge in [0.25, 0.3) is 0 Å². The maximum Gasteiger partial charge on any atom is 0.413 e. The molecular formula is C9H8BrClF3NO. The van der Waals surface area contributed by atoms with Gasteiger partial charge in [-0.1, -0.05) is 27.5 Å². The number of hydrogen-bond donors (Lipinski definition) is 1. The molecule has 0 atom stereocenters. The largest absolute Gasteiger partial charge is 0.413 e. The van der Waals surface area contributed by atoms with E-state index in [1.807, 2.05) is 0 Å². The molecule has 0 fully saturated rings. The zero-order valence-electron chi connectivity index (χ0n) is 7.94. The fourth-order valence-electron chi connectivity index (χ4n) is 0.940. The Bertz CT molecular complexity index is 359. The van der Waals surface area contributed by atoms with Gasteiger partial charge < -0.3 is 0 Å². The fraction of sp³-hybridized carbons (Fsp3) is 0.333. The number of nitrogens with one attached hydrogen (secondary N) is 1. The van der Waals surface area contributed by atoms with Crippen molar-refractivity contribution in [1.82, 2.24) is 5.48 Å². The number of rotatable bonds is 4. The molecule has 0 bridgehead atoms. The van der Waals surface area contributed by atoms with Crippen LogP contribution >= 0.6 is 27.5 Å². The first-order chi connectivity index (χ1) is 7.38. The Morgan fingerprint density at radius 1 is 1.38 bits per heavy atom. The van der Waals surface area contributed by atoms with Crippen LogP contribution in [0.5, 0.6) is 0 Å². The Morgan fingerprint density at radius 3 is 2.69 bits per heavy atom. The van der Waals surface area contributed by atoms with Gasteiger partial charge in [-0.15, -0.1) is 0 Å². The third-order valence-electron chi connectivity index (χ3n) is 1.61. The molecule has 0 aromatic heterocycles. The number of alkyl halides is 3. The van der Waals surface area contributed by atoms with Crippen molar-refractivity contribution < 1.29 is 18.0 Å². The Hall–Kier alpha value is -0.300. The third-order valence-corrected chi connectivity index (χ3v) is 2.47. The minimum atomic E-state index is -4.34. The summed E-state index contributed by atoms with van der Waals surface area (Å²) in [7, 11) is 0. The summed E-state index contributed by atoms with van der Waals surface area (Å²) in [5, 5.41) is 0.464. The molecule has 0 unspecified atom stereocenters. The molecular weight excluding hydrogens is 310 g/mol. The van der Waals surface area contributed by atoms with Crippen LogP contribution in [0.25, 0.3) is 0 Å². The summed E-state index contributed by atoms with van der Waals surface area (Å²) in [5.74, 6) is 0. The highest BCUT2D eigenvalue weighted by Gasteiger charge is 2.27. The van der Waals surface area contributed by atoms with Crippen LogP contribution in [0.3, 0.4) is 0 Å². The van der Waals surface area contributed by atoms with Crippen LogP contribution in [-0.2, 0) is 11.4 Å². The van der Waals surface area contributed by atoms with Crippen LogP contribution in [0.1, 0.15) is 5.56 Å². The molecule has 0 saturated carbocycles. The first kappa shape index (κ1) is 13.8. The van der Waals surface area contributed by atoms with Gasteiger partial charge in [-0.3, -0.25) is 4.84 Å². The molecule has 0 aliphatic rings. The Kier molecular flexibility index (Phi) is 5.04. The van der Waals surface area contributed by atoms with Crippen LogP contribution in [0, 0.1) is 0 Å². The molecule has 0 saturated heterocycles. The molecule has 1 rings (SSSR count). The Labute approximate surface area is 104 Å². The van der Waals surface area contributed by atoms with Gasteiger partial charge in [-0.2, -0.15) is 18.7 Å². The predicted octanol–water partition coefficient (Wildman–Crippen LogP) is 3.69. The second-order valence-corrected chi connectivity index (χ2v) is 4.28. The minimum Gasteiger partial charge on any atom is -0.292 e. The first-order valence-electron chi connectivity index (χ1n) is 4.24. The number of hydrogen-bond acceptors (Lipinski definition) is 2. The zero-order valence-corrected chi connectivity index (χ0v) is 10.3. The van der Waals surface area contributed by atoms with Gasteiger partial charge in [0.05, 0.1) is 0 Å². The van der Waals surface area contributed by atoms with Crippen molar-refractivity contribution in [3.8, 4) is 0 Å². The van der Waals surface area contributed by atoms with E-state index >= 15 is 0 Å². The summed E-state index contributed by atoms with van der Waals surface area (Å²) in [6.45, 7) is -1.23. The van der Waals surface area contributed by atoms with Crippen molar-refractivity contribution in [2.24, 2.45) is 0 Å². The molecule has 16 heavy (non-hydrogen) atoms. The Balaban J connectivity index is 2.40. The summed E-state index contributed by atoms with van der Waals surface area (Å²) in [6.07, 6.45) is -4.34. The van der Waals surface area contributed by atoms with E-state index in [1.165, 1.54) is 0 Å². The van der Waals surface area contributed by atoms with Crippen molar-refractivity contribution in [1.29, 1.82) is 0 Å². The summed E-state index contributed by atoms with van der Waals surface area (Å²) in [5.41, 5.74) is 2.85. The minimum absolute atomic E-state index is 0.106. The van der Waals surface area contributed by atoms with Gasteiger partial charge in [0.1, 0.15) is 0 Å². The SMILES string of the molecule is FC(F)(F)CONCc1cc(Br)ccc1Cl. The fourth-order valence-corrected chi connectivity index (χ4v) is 1.53. The normalized spacial score (nSPS) is 11.8. The predicted molar refractivity (Wildman–Crippen MR) is 58.0 cm³/mol. The van der Waals surface area contributed by atoms with E-state index in [1.54, 1.807) is 18.2 Å². The summed E-state index contributed by atoms with van der Waals surface area (Å²) in [4.78, 5) is 4.25. The molecule has 0 aliphatic heterocycles. The molecule has 0 amide bonds. The molecule has 0 radical (unpaired) electrons. The molecule has 0 heterocycles. The van der Waals surface area contributed by atoms with Crippen LogP contribution < -0.4 is 5.48 Å². The molecule has 0 aliphatic carbocycles. The number of halogens is 5. The van der Waals surface area contributed by atoms with E-state index in [0.717, 1.165) is 4.47 Å². The van der Waals surface area contributed by atoms with Crippen LogP contribution in [-0.4, -0.2) is 12.8 Å². The van der Waals surface area contributed by atoms with E-state index in [-0.39, 0.29) is 6.54 Å². The molecule has 1 aromatic rings. The quantitative estimate of drug-likeness (QED) is 0.675. The van der Waals surface area contributed by atoms with Gasteiger partial charge in [0.2, 0.25) is 0 Å². The van der Waals surface area contributed by atoms with Crippen molar-refractivity contribution in [2.75, 3.05) is 6.61 Å². The topological polar surface area (TPSA) is 21.3 Å². The average molecular weight is 319 g/mol. The van der Waals surface area contributed by atoms with Crippen molar-refractivity contribution in [3.05, 3.63) is 33.3 Å². The van der Waals surface area contributed by atoms with E-state index in [0.29, 0.717) is 10.6 Å². The maximum absolute atomic E-state index is 11.7. The lowest BCUT2D eigenvalue weighted by atomic mass is 10.2. The van der Waals surface area contributed by atoms with Crippen molar-refractivity contribution in [3.63, 3.8) is 0 Å². The van der Waals surface area contributed by atoms with Gasteiger partial charge in [0.15, 0.2) is 6.61 Å². The van der Waals surface area contributed by atoms with Gasteiger partial charge in [-0.25, -0.2) is 0 Å². The maximum atomic E-state index is 11.7. The zero-order chi connectivity index (χ0) is 12.2. The highest BCUT2D eigenvalue weighted by molar-refractivity contribution is 9.10. The molecule has 7 heteroatoms. The molecule has 1 aromatic carbocycles. The van der Waals surface area contributed by atoms with Crippen LogP contribution in [0.15, 0.2) is 22.7 Å². The van der Waals surface area contributed by atoms with Gasteiger partial charge >= 0.3 is 6.18 Å². The van der Waals surface area contributed by atoms with Crippen LogP contribution in [0.2, 0.25) is 5.02 Å². The third kappa shape index (κ3) is 5.16. The van der Waals surface area contributed by atoms with E-state index in [9.17, 15) is 13.2 Å². The smallest absolute Gasteiger partial charge is 0.292 e. The van der Waals surface area contributed by atoms with Crippen molar-refractivity contribution in [2.45, 2.75) is 12.7 Å². The van der Waals surface area contributed by atoms with E-state index in [2.05, 4.69) is 26.2 Å². The Morgan fingerprint density at radius 2 is 2.06 bits per heavy atom. The monoisotopic (exact) mass is 317 g/mol. The average Bonchev–Trinajstić information content (AvgIpc) is 2.16. The van der Waals surface area contributed by atoms with Crippen molar-refractivity contribution >= 4 is 27.5 Å². The summed E-state index contributed by atoms with van der Waals surface area (Å²) >= 11 is 9.06. The van der Waals surface area contributed by atoms with Gasteiger partial charge in [0, 0.05) is 16.0 Å². The highest BCUT2D eigenvalue weighted by Crippen LogP contribution is 2.21. The molecule has 0 spiro atoms. The summed E-state index contributed by atoms with van der Waals surface area (Å²) in [6, 6.07) is 5.08. The second kappa shape index (κ2) is 5.86. The summed E-state index contributed by atoms with van der Waals surface area (Å²) < 4.78 is 36.0. The highest BCUT2D eigenvalue weighted by atomic mass is 79.9. The van der Waals surface area contributed by atoms with Gasteiger partial charge in [-0.05, 0) is 23.8 Å². The standard InChI is InChI=1S/C9H8BrClF3NO/c10-7-1-2-8(11)6(3-7)4-15-16-5-9(12,13)14/h1-3,15H,4-5H2. The lowest BCUT2D eigenvalue weighted by Crippen LogP contribution is -2.24. The lowest BCUT2D eigenvalue weighted by Gasteiger charge is -2.09. The molecule has 2 nitrogen and oxygen atoms in total. The lowest BCUT2D eigenvalue weighted by molar-refractivity contribution is -0.190. The second-order valence-electron chi connectivity index (χ2n) is 2.96. The van der Waals surface area contributed by atoms with E-state index in [4.69, 9.17) is 11.6 Å². The molecule has 1 N–H and O–H groups in total.